The molecule has 0 radical (unpaired) electrons. The van der Waals surface area contributed by atoms with E-state index in [9.17, 15) is 9.90 Å². The number of thioether (sulfide) groups is 1. The third-order valence-electron chi connectivity index (χ3n) is 4.52. The summed E-state index contributed by atoms with van der Waals surface area (Å²) in [6.45, 7) is 4.94. The van der Waals surface area contributed by atoms with Crippen LogP contribution in [0.3, 0.4) is 0 Å². The molecule has 2 atom stereocenters. The quantitative estimate of drug-likeness (QED) is 0.702. The molecule has 0 unspecified atom stereocenters. The number of ether oxygens (including phenoxy) is 2. The fourth-order valence-electron chi connectivity index (χ4n) is 3.12. The number of aliphatic hydroxyl groups excluding tert-OH is 1. The molecule has 3 rings (SSSR count). The van der Waals surface area contributed by atoms with E-state index in [2.05, 4.69) is 4.99 Å². The third-order valence-corrected chi connectivity index (χ3v) is 5.75. The van der Waals surface area contributed by atoms with Crippen molar-refractivity contribution in [1.82, 2.24) is 4.90 Å². The predicted octanol–water partition coefficient (Wildman–Crippen LogP) is 4.17. The van der Waals surface area contributed by atoms with Crippen LogP contribution in [0.1, 0.15) is 31.9 Å². The molecule has 2 aromatic rings. The molecule has 1 aliphatic rings. The summed E-state index contributed by atoms with van der Waals surface area (Å²) < 4.78 is 10.9. The fourth-order valence-corrected chi connectivity index (χ4v) is 4.33. The van der Waals surface area contributed by atoms with E-state index in [1.54, 1.807) is 30.2 Å². The van der Waals surface area contributed by atoms with Crippen LogP contribution in [0.4, 0.5) is 5.69 Å². The number of amidine groups is 1. The number of methoxy groups -OCH3 is 1. The molecule has 1 N–H and O–H groups in total. The van der Waals surface area contributed by atoms with Crippen molar-refractivity contribution in [2.24, 2.45) is 4.99 Å². The van der Waals surface area contributed by atoms with Crippen molar-refractivity contribution in [3.63, 3.8) is 0 Å². The van der Waals surface area contributed by atoms with Crippen molar-refractivity contribution in [2.75, 3.05) is 20.3 Å². The zero-order valence-corrected chi connectivity index (χ0v) is 17.7. The molecule has 1 amide bonds. The van der Waals surface area contributed by atoms with E-state index in [0.717, 1.165) is 12.1 Å². The van der Waals surface area contributed by atoms with Crippen molar-refractivity contribution in [3.05, 3.63) is 54.1 Å². The Kier molecular flexibility index (Phi) is 7.17. The summed E-state index contributed by atoms with van der Waals surface area (Å²) in [5, 5.41) is 11.0. The number of aliphatic imine (C=N–C) groups is 1. The van der Waals surface area contributed by atoms with Crippen LogP contribution < -0.4 is 9.47 Å². The molecule has 0 aliphatic carbocycles. The lowest BCUT2D eigenvalue weighted by atomic mass is 10.0. The highest BCUT2D eigenvalue weighted by Gasteiger charge is 2.42. The maximum Gasteiger partial charge on any atom is 0.245 e. The number of rotatable bonds is 8. The number of aliphatic hydroxyl groups is 1. The van der Waals surface area contributed by atoms with Gasteiger partial charge >= 0.3 is 0 Å². The van der Waals surface area contributed by atoms with Crippen LogP contribution in [0.2, 0.25) is 0 Å². The Labute approximate surface area is 175 Å². The molecule has 2 aromatic carbocycles. The molecule has 1 heterocycles. The number of amides is 1. The molecule has 1 aliphatic heterocycles. The molecule has 0 spiro atoms. The monoisotopic (exact) mass is 414 g/mol. The van der Waals surface area contributed by atoms with Crippen molar-refractivity contribution < 1.29 is 19.4 Å². The van der Waals surface area contributed by atoms with E-state index in [0.29, 0.717) is 35.4 Å². The topological polar surface area (TPSA) is 71.4 Å². The Balaban J connectivity index is 1.89. The Morgan fingerprint density at radius 2 is 1.93 bits per heavy atom. The van der Waals surface area contributed by atoms with Gasteiger partial charge in [0.1, 0.15) is 11.4 Å². The molecule has 7 heteroatoms. The first kappa shape index (κ1) is 21.2. The fraction of sp³-hybridized carbons (Fsp3) is 0.364. The molecular weight excluding hydrogens is 388 g/mol. The Hall–Kier alpha value is -2.51. The second-order valence-electron chi connectivity index (χ2n) is 6.55. The number of benzene rings is 2. The highest BCUT2D eigenvalue weighted by Crippen LogP contribution is 2.39. The van der Waals surface area contributed by atoms with Gasteiger partial charge in [-0.2, -0.15) is 0 Å². The number of hydrogen-bond donors (Lipinski definition) is 1. The molecule has 29 heavy (non-hydrogen) atoms. The molecule has 0 saturated carbocycles. The average Bonchev–Trinajstić information content (AvgIpc) is 3.04. The largest absolute Gasteiger partial charge is 0.493 e. The SMILES string of the molecule is CCCN1C(=O)[C@H]([C@H](O)c2ccc(OC)c(OCC)c2)SC1=Nc1ccccc1. The van der Waals surface area contributed by atoms with Crippen LogP contribution in [-0.4, -0.2) is 46.6 Å². The van der Waals surface area contributed by atoms with Crippen LogP contribution in [0, 0.1) is 0 Å². The van der Waals surface area contributed by atoms with Crippen LogP contribution in [-0.2, 0) is 4.79 Å². The Morgan fingerprint density at radius 3 is 2.59 bits per heavy atom. The smallest absolute Gasteiger partial charge is 0.245 e. The predicted molar refractivity (Wildman–Crippen MR) is 116 cm³/mol. The van der Waals surface area contributed by atoms with Crippen LogP contribution in [0.15, 0.2) is 53.5 Å². The lowest BCUT2D eigenvalue weighted by Crippen LogP contribution is -2.34. The molecule has 0 bridgehead atoms. The Bertz CT molecular complexity index is 872. The number of hydrogen-bond acceptors (Lipinski definition) is 6. The maximum atomic E-state index is 13.1. The number of carbonyl (C=O) groups excluding carboxylic acids is 1. The lowest BCUT2D eigenvalue weighted by molar-refractivity contribution is -0.128. The highest BCUT2D eigenvalue weighted by atomic mass is 32.2. The van der Waals surface area contributed by atoms with Gasteiger partial charge in [-0.05, 0) is 43.2 Å². The molecule has 1 fully saturated rings. The van der Waals surface area contributed by atoms with Crippen molar-refractivity contribution in [2.45, 2.75) is 31.6 Å². The van der Waals surface area contributed by atoms with Gasteiger partial charge in [-0.25, -0.2) is 4.99 Å². The number of carbonyl (C=O) groups is 1. The normalized spacial score (nSPS) is 18.9. The first-order chi connectivity index (χ1) is 14.1. The Morgan fingerprint density at radius 1 is 1.17 bits per heavy atom. The molecule has 154 valence electrons. The summed E-state index contributed by atoms with van der Waals surface area (Å²) >= 11 is 1.30. The van der Waals surface area contributed by atoms with Crippen LogP contribution in [0.5, 0.6) is 11.5 Å². The van der Waals surface area contributed by atoms with Crippen LogP contribution in [0.25, 0.3) is 0 Å². The molecule has 1 saturated heterocycles. The van der Waals surface area contributed by atoms with E-state index in [1.807, 2.05) is 44.2 Å². The van der Waals surface area contributed by atoms with Gasteiger partial charge in [-0.1, -0.05) is 43.0 Å². The minimum absolute atomic E-state index is 0.132. The number of para-hydroxylation sites is 1. The second-order valence-corrected chi connectivity index (χ2v) is 7.66. The summed E-state index contributed by atoms with van der Waals surface area (Å²) in [5.74, 6) is 1.01. The zero-order chi connectivity index (χ0) is 20.8. The molecule has 0 aromatic heterocycles. The van der Waals surface area contributed by atoms with Crippen molar-refractivity contribution in [1.29, 1.82) is 0 Å². The average molecular weight is 415 g/mol. The summed E-state index contributed by atoms with van der Waals surface area (Å²) in [7, 11) is 1.57. The molecule has 6 nitrogen and oxygen atoms in total. The van der Waals surface area contributed by atoms with Crippen molar-refractivity contribution >= 4 is 28.5 Å². The summed E-state index contributed by atoms with van der Waals surface area (Å²) in [6, 6.07) is 14.8. The minimum Gasteiger partial charge on any atom is -0.493 e. The first-order valence-corrected chi connectivity index (χ1v) is 10.6. The van der Waals surface area contributed by atoms with Gasteiger partial charge in [0, 0.05) is 6.54 Å². The summed E-state index contributed by atoms with van der Waals surface area (Å²) in [6.07, 6.45) is -0.180. The van der Waals surface area contributed by atoms with E-state index >= 15 is 0 Å². The third kappa shape index (κ3) is 4.74. The van der Waals surface area contributed by atoms with E-state index in [4.69, 9.17) is 9.47 Å². The maximum absolute atomic E-state index is 13.1. The van der Waals surface area contributed by atoms with Gasteiger partial charge in [0.2, 0.25) is 5.91 Å². The van der Waals surface area contributed by atoms with Gasteiger partial charge in [0.15, 0.2) is 16.7 Å². The van der Waals surface area contributed by atoms with Crippen LogP contribution >= 0.6 is 11.8 Å². The summed E-state index contributed by atoms with van der Waals surface area (Å²) in [5.41, 5.74) is 1.39. The first-order valence-electron chi connectivity index (χ1n) is 9.69. The van der Waals surface area contributed by atoms with Gasteiger partial charge in [-0.15, -0.1) is 0 Å². The van der Waals surface area contributed by atoms with E-state index in [1.165, 1.54) is 11.8 Å². The summed E-state index contributed by atoms with van der Waals surface area (Å²) in [4.78, 5) is 19.4. The van der Waals surface area contributed by atoms with Gasteiger partial charge in [0.05, 0.1) is 19.4 Å². The lowest BCUT2D eigenvalue weighted by Gasteiger charge is -2.19. The van der Waals surface area contributed by atoms with Crippen molar-refractivity contribution in [3.8, 4) is 11.5 Å². The molecular formula is C22H26N2O4S. The zero-order valence-electron chi connectivity index (χ0n) is 16.9. The van der Waals surface area contributed by atoms with Gasteiger partial charge in [-0.3, -0.25) is 9.69 Å². The van der Waals surface area contributed by atoms with E-state index < -0.39 is 11.4 Å². The second kappa shape index (κ2) is 9.80. The van der Waals surface area contributed by atoms with Gasteiger partial charge in [0.25, 0.3) is 0 Å². The standard InChI is InChI=1S/C22H26N2O4S/c1-4-13-24-21(26)20(29-22(24)23-16-9-7-6-8-10-16)19(25)15-11-12-17(27-3)18(14-15)28-5-2/h6-12,14,19-20,25H,4-5,13H2,1-3H3/t19-,20+/m1/s1. The number of nitrogens with zero attached hydrogens (tertiary/aromatic N) is 2. The van der Waals surface area contributed by atoms with Gasteiger partial charge < -0.3 is 14.6 Å². The highest BCUT2D eigenvalue weighted by molar-refractivity contribution is 8.15. The van der Waals surface area contributed by atoms with E-state index in [-0.39, 0.29) is 5.91 Å². The minimum atomic E-state index is -0.986.